The van der Waals surface area contributed by atoms with Crippen LogP contribution in [0.5, 0.6) is 0 Å². The molecule has 0 aliphatic heterocycles. The number of carbonyl (C=O) groups is 1. The lowest BCUT2D eigenvalue weighted by molar-refractivity contribution is 0.0600. The van der Waals surface area contributed by atoms with Gasteiger partial charge in [0.15, 0.2) is 0 Å². The van der Waals surface area contributed by atoms with Gasteiger partial charge in [-0.3, -0.25) is 4.98 Å². The highest BCUT2D eigenvalue weighted by atomic mass is 32.2. The Balaban J connectivity index is 2.08. The Hall–Kier alpha value is -2.07. The molecular formula is C16H15NO2S. The highest BCUT2D eigenvalue weighted by Crippen LogP contribution is 2.16. The molecule has 0 atom stereocenters. The topological polar surface area (TPSA) is 39.2 Å². The second-order valence-electron chi connectivity index (χ2n) is 4.07. The summed E-state index contributed by atoms with van der Waals surface area (Å²) >= 11 is 1.72. The molecule has 2 aromatic rings. The Labute approximate surface area is 122 Å². The largest absolute Gasteiger partial charge is 0.465 e. The molecule has 0 aliphatic rings. The zero-order chi connectivity index (χ0) is 14.4. The second-order valence-corrected chi connectivity index (χ2v) is 4.95. The van der Waals surface area contributed by atoms with Crippen molar-refractivity contribution in [2.75, 3.05) is 13.4 Å². The van der Waals surface area contributed by atoms with E-state index in [1.165, 1.54) is 18.2 Å². The quantitative estimate of drug-likeness (QED) is 0.633. The lowest BCUT2D eigenvalue weighted by Crippen LogP contribution is -2.01. The number of pyridine rings is 1. The van der Waals surface area contributed by atoms with Crippen LogP contribution in [0, 0.1) is 0 Å². The Bertz CT molecular complexity index is 603. The molecule has 3 nitrogen and oxygen atoms in total. The first kappa shape index (κ1) is 14.3. The molecule has 0 aliphatic carbocycles. The Kier molecular flexibility index (Phi) is 4.96. The summed E-state index contributed by atoms with van der Waals surface area (Å²) in [7, 11) is 1.36. The molecule has 102 valence electrons. The summed E-state index contributed by atoms with van der Waals surface area (Å²) in [5, 5.41) is 0. The molecule has 0 N–H and O–H groups in total. The molecule has 4 heteroatoms. The van der Waals surface area contributed by atoms with Crippen molar-refractivity contribution in [1.82, 2.24) is 4.98 Å². The lowest BCUT2D eigenvalue weighted by atomic mass is 10.2. The number of rotatable bonds is 4. The molecule has 0 saturated carbocycles. The SMILES string of the molecule is COC(=O)c1ccc(/C=C/c2ccc(SC)cc2)nc1. The maximum atomic E-state index is 11.3. The molecule has 0 radical (unpaired) electrons. The van der Waals surface area contributed by atoms with Gasteiger partial charge in [-0.1, -0.05) is 18.2 Å². The first-order chi connectivity index (χ1) is 9.72. The van der Waals surface area contributed by atoms with Gasteiger partial charge in [-0.25, -0.2) is 4.79 Å². The summed E-state index contributed by atoms with van der Waals surface area (Å²) in [4.78, 5) is 16.7. The number of ether oxygens (including phenoxy) is 1. The van der Waals surface area contributed by atoms with E-state index < -0.39 is 0 Å². The smallest absolute Gasteiger partial charge is 0.339 e. The Morgan fingerprint density at radius 1 is 1.15 bits per heavy atom. The minimum atomic E-state index is -0.374. The number of hydrogen-bond acceptors (Lipinski definition) is 4. The van der Waals surface area contributed by atoms with Gasteiger partial charge < -0.3 is 4.74 Å². The fourth-order valence-corrected chi connectivity index (χ4v) is 2.05. The summed E-state index contributed by atoms with van der Waals surface area (Å²) in [6, 6.07) is 11.8. The van der Waals surface area contributed by atoms with E-state index in [-0.39, 0.29) is 5.97 Å². The van der Waals surface area contributed by atoms with Gasteiger partial charge in [-0.2, -0.15) is 0 Å². The minimum Gasteiger partial charge on any atom is -0.465 e. The second kappa shape index (κ2) is 6.91. The fourth-order valence-electron chi connectivity index (χ4n) is 1.64. The van der Waals surface area contributed by atoms with E-state index in [1.807, 2.05) is 12.2 Å². The summed E-state index contributed by atoms with van der Waals surface area (Å²) < 4.78 is 4.63. The number of aromatic nitrogens is 1. The molecule has 0 unspecified atom stereocenters. The molecular weight excluding hydrogens is 270 g/mol. The maximum Gasteiger partial charge on any atom is 0.339 e. The van der Waals surface area contributed by atoms with Crippen molar-refractivity contribution in [2.24, 2.45) is 0 Å². The van der Waals surface area contributed by atoms with Crippen LogP contribution in [0.2, 0.25) is 0 Å². The van der Waals surface area contributed by atoms with Gasteiger partial charge in [-0.05, 0) is 42.2 Å². The van der Waals surface area contributed by atoms with Crippen molar-refractivity contribution >= 4 is 29.9 Å². The molecule has 0 amide bonds. The number of nitrogens with zero attached hydrogens (tertiary/aromatic N) is 1. The summed E-state index contributed by atoms with van der Waals surface area (Å²) in [5.41, 5.74) is 2.36. The van der Waals surface area contributed by atoms with Crippen LogP contribution in [0.1, 0.15) is 21.6 Å². The highest BCUT2D eigenvalue weighted by molar-refractivity contribution is 7.98. The van der Waals surface area contributed by atoms with Crippen LogP contribution in [0.3, 0.4) is 0 Å². The van der Waals surface area contributed by atoms with E-state index in [0.717, 1.165) is 11.3 Å². The number of benzene rings is 1. The number of methoxy groups -OCH3 is 1. The van der Waals surface area contributed by atoms with Gasteiger partial charge in [-0.15, -0.1) is 11.8 Å². The van der Waals surface area contributed by atoms with E-state index >= 15 is 0 Å². The first-order valence-electron chi connectivity index (χ1n) is 6.09. The van der Waals surface area contributed by atoms with E-state index in [0.29, 0.717) is 5.56 Å². The number of hydrogen-bond donors (Lipinski definition) is 0. The third-order valence-electron chi connectivity index (χ3n) is 2.77. The third-order valence-corrected chi connectivity index (χ3v) is 3.51. The number of thioether (sulfide) groups is 1. The number of esters is 1. The van der Waals surface area contributed by atoms with Crippen LogP contribution in [0.25, 0.3) is 12.2 Å². The van der Waals surface area contributed by atoms with Gasteiger partial charge in [0.25, 0.3) is 0 Å². The number of carbonyl (C=O) groups excluding carboxylic acids is 1. The third kappa shape index (κ3) is 3.71. The minimum absolute atomic E-state index is 0.374. The predicted octanol–water partition coefficient (Wildman–Crippen LogP) is 3.76. The summed E-state index contributed by atoms with van der Waals surface area (Å²) in [5.74, 6) is -0.374. The van der Waals surface area contributed by atoms with Crippen molar-refractivity contribution in [3.8, 4) is 0 Å². The Morgan fingerprint density at radius 2 is 1.90 bits per heavy atom. The molecule has 0 fully saturated rings. The normalized spacial score (nSPS) is 10.7. The molecule has 20 heavy (non-hydrogen) atoms. The first-order valence-corrected chi connectivity index (χ1v) is 7.32. The van der Waals surface area contributed by atoms with Crippen LogP contribution in [0.4, 0.5) is 0 Å². The van der Waals surface area contributed by atoms with Crippen molar-refractivity contribution in [2.45, 2.75) is 4.90 Å². The average Bonchev–Trinajstić information content (AvgIpc) is 2.53. The molecule has 1 heterocycles. The van der Waals surface area contributed by atoms with Crippen molar-refractivity contribution in [3.05, 3.63) is 59.4 Å². The molecule has 0 saturated heterocycles. The highest BCUT2D eigenvalue weighted by Gasteiger charge is 2.04. The van der Waals surface area contributed by atoms with Crippen LogP contribution >= 0.6 is 11.8 Å². The monoisotopic (exact) mass is 285 g/mol. The van der Waals surface area contributed by atoms with E-state index in [1.54, 1.807) is 23.9 Å². The summed E-state index contributed by atoms with van der Waals surface area (Å²) in [6.45, 7) is 0. The zero-order valence-electron chi connectivity index (χ0n) is 11.4. The molecule has 0 bridgehead atoms. The Morgan fingerprint density at radius 3 is 2.45 bits per heavy atom. The molecule has 0 spiro atoms. The zero-order valence-corrected chi connectivity index (χ0v) is 12.2. The summed E-state index contributed by atoms with van der Waals surface area (Å²) in [6.07, 6.45) is 7.47. The predicted molar refractivity (Wildman–Crippen MR) is 82.7 cm³/mol. The fraction of sp³-hybridized carbons (Fsp3) is 0.125. The van der Waals surface area contributed by atoms with Gasteiger partial charge >= 0.3 is 5.97 Å². The van der Waals surface area contributed by atoms with Crippen LogP contribution in [-0.2, 0) is 4.74 Å². The van der Waals surface area contributed by atoms with Gasteiger partial charge in [0.05, 0.1) is 18.4 Å². The van der Waals surface area contributed by atoms with Gasteiger partial charge in [0.2, 0.25) is 0 Å². The standard InChI is InChI=1S/C16H15NO2S/c1-19-16(18)13-6-8-14(17-11-13)7-3-12-4-9-15(20-2)10-5-12/h3-11H,1-2H3/b7-3+. The van der Waals surface area contributed by atoms with Crippen molar-refractivity contribution in [3.63, 3.8) is 0 Å². The van der Waals surface area contributed by atoms with Crippen molar-refractivity contribution in [1.29, 1.82) is 0 Å². The average molecular weight is 285 g/mol. The van der Waals surface area contributed by atoms with Crippen LogP contribution < -0.4 is 0 Å². The van der Waals surface area contributed by atoms with E-state index in [4.69, 9.17) is 0 Å². The molecule has 2 rings (SSSR count). The van der Waals surface area contributed by atoms with Crippen molar-refractivity contribution < 1.29 is 9.53 Å². The van der Waals surface area contributed by atoms with E-state index in [2.05, 4.69) is 40.2 Å². The lowest BCUT2D eigenvalue weighted by Gasteiger charge is -1.99. The maximum absolute atomic E-state index is 11.3. The van der Waals surface area contributed by atoms with Gasteiger partial charge in [0, 0.05) is 11.1 Å². The van der Waals surface area contributed by atoms with E-state index in [9.17, 15) is 4.79 Å². The van der Waals surface area contributed by atoms with Gasteiger partial charge in [0.1, 0.15) is 0 Å². The van der Waals surface area contributed by atoms with Crippen LogP contribution in [0.15, 0.2) is 47.5 Å². The van der Waals surface area contributed by atoms with Crippen LogP contribution in [-0.4, -0.2) is 24.3 Å². The molecule has 1 aromatic carbocycles. The molecule has 1 aromatic heterocycles.